The van der Waals surface area contributed by atoms with Crippen molar-refractivity contribution in [2.75, 3.05) is 23.8 Å². The summed E-state index contributed by atoms with van der Waals surface area (Å²) in [5.41, 5.74) is 1.33. The van der Waals surface area contributed by atoms with E-state index < -0.39 is 0 Å². The van der Waals surface area contributed by atoms with E-state index in [1.54, 1.807) is 18.2 Å². The summed E-state index contributed by atoms with van der Waals surface area (Å²) >= 11 is 12.0. The molecule has 0 saturated heterocycles. The Hall–Kier alpha value is -1.91. The Bertz CT molecular complexity index is 675. The molecule has 0 aliphatic carbocycles. The molecular formula is C18H20Cl2N2O2. The summed E-state index contributed by atoms with van der Waals surface area (Å²) in [5.74, 6) is 0.617. The minimum atomic E-state index is -0.206. The average Bonchev–Trinajstić information content (AvgIpc) is 2.58. The molecule has 0 unspecified atom stereocenters. The molecule has 0 bridgehead atoms. The Balaban J connectivity index is 1.82. The zero-order chi connectivity index (χ0) is 17.4. The van der Waals surface area contributed by atoms with E-state index >= 15 is 0 Å². The predicted octanol–water partition coefficient (Wildman–Crippen LogP) is 5.22. The summed E-state index contributed by atoms with van der Waals surface area (Å²) < 4.78 is 5.60. The highest BCUT2D eigenvalue weighted by molar-refractivity contribution is 6.44. The van der Waals surface area contributed by atoms with Crippen molar-refractivity contribution in [3.05, 3.63) is 52.5 Å². The monoisotopic (exact) mass is 366 g/mol. The van der Waals surface area contributed by atoms with Crippen molar-refractivity contribution < 1.29 is 9.53 Å². The number of anilines is 2. The van der Waals surface area contributed by atoms with Crippen molar-refractivity contribution in [2.45, 2.75) is 19.8 Å². The molecule has 0 radical (unpaired) electrons. The normalized spacial score (nSPS) is 10.3. The highest BCUT2D eigenvalue weighted by Crippen LogP contribution is 2.29. The zero-order valence-electron chi connectivity index (χ0n) is 13.4. The molecule has 0 saturated carbocycles. The topological polar surface area (TPSA) is 50.4 Å². The lowest BCUT2D eigenvalue weighted by Crippen LogP contribution is -2.21. The van der Waals surface area contributed by atoms with Crippen molar-refractivity contribution in [1.82, 2.24) is 0 Å². The Morgan fingerprint density at radius 1 is 1.12 bits per heavy atom. The van der Waals surface area contributed by atoms with E-state index in [0.717, 1.165) is 24.3 Å². The van der Waals surface area contributed by atoms with Crippen LogP contribution < -0.4 is 15.4 Å². The molecule has 2 aromatic carbocycles. The van der Waals surface area contributed by atoms with Crippen molar-refractivity contribution in [3.63, 3.8) is 0 Å². The molecule has 1 amide bonds. The minimum Gasteiger partial charge on any atom is -0.494 e. The third kappa shape index (κ3) is 5.62. The fourth-order valence-electron chi connectivity index (χ4n) is 1.98. The van der Waals surface area contributed by atoms with Gasteiger partial charge in [0.05, 0.1) is 28.9 Å². The number of benzene rings is 2. The number of halogens is 2. The molecule has 24 heavy (non-hydrogen) atoms. The molecule has 0 aliphatic rings. The summed E-state index contributed by atoms with van der Waals surface area (Å²) in [4.78, 5) is 12.0. The first-order valence-corrected chi connectivity index (χ1v) is 8.56. The van der Waals surface area contributed by atoms with Crippen LogP contribution in [0.25, 0.3) is 0 Å². The number of unbranched alkanes of at least 4 members (excludes halogenated alkanes) is 1. The molecule has 6 heteroatoms. The molecule has 0 fully saturated rings. The molecule has 0 atom stereocenters. The van der Waals surface area contributed by atoms with Crippen molar-refractivity contribution in [2.24, 2.45) is 0 Å². The van der Waals surface area contributed by atoms with Gasteiger partial charge in [0.2, 0.25) is 5.91 Å². The van der Waals surface area contributed by atoms with Crippen LogP contribution in [0.4, 0.5) is 11.4 Å². The molecule has 128 valence electrons. The van der Waals surface area contributed by atoms with Crippen molar-refractivity contribution in [1.29, 1.82) is 0 Å². The molecule has 2 aromatic rings. The first-order valence-electron chi connectivity index (χ1n) is 7.80. The zero-order valence-corrected chi connectivity index (χ0v) is 15.0. The van der Waals surface area contributed by atoms with E-state index in [1.165, 1.54) is 0 Å². The van der Waals surface area contributed by atoms with Crippen molar-refractivity contribution >= 4 is 40.5 Å². The molecular weight excluding hydrogens is 347 g/mol. The Labute approximate surface area is 152 Å². The van der Waals surface area contributed by atoms with Gasteiger partial charge < -0.3 is 15.4 Å². The number of hydrogen-bond acceptors (Lipinski definition) is 3. The number of amides is 1. The Kier molecular flexibility index (Phi) is 7.22. The van der Waals surface area contributed by atoms with Gasteiger partial charge in [-0.2, -0.15) is 0 Å². The molecule has 0 heterocycles. The van der Waals surface area contributed by atoms with Crippen LogP contribution in [0.15, 0.2) is 42.5 Å². The molecule has 4 nitrogen and oxygen atoms in total. The van der Waals surface area contributed by atoms with E-state index in [9.17, 15) is 4.79 Å². The summed E-state index contributed by atoms with van der Waals surface area (Å²) in [6.45, 7) is 2.96. The van der Waals surface area contributed by atoms with Gasteiger partial charge in [0, 0.05) is 5.69 Å². The van der Waals surface area contributed by atoms with E-state index in [2.05, 4.69) is 17.6 Å². The first-order chi connectivity index (χ1) is 11.6. The lowest BCUT2D eigenvalue weighted by Gasteiger charge is -2.10. The maximum absolute atomic E-state index is 12.0. The lowest BCUT2D eigenvalue weighted by atomic mass is 10.3. The van der Waals surface area contributed by atoms with E-state index in [0.29, 0.717) is 22.3 Å². The van der Waals surface area contributed by atoms with Crippen LogP contribution in [0.5, 0.6) is 5.75 Å². The first kappa shape index (κ1) is 18.4. The number of rotatable bonds is 8. The maximum atomic E-state index is 12.0. The maximum Gasteiger partial charge on any atom is 0.243 e. The van der Waals surface area contributed by atoms with E-state index in [1.807, 2.05) is 24.3 Å². The van der Waals surface area contributed by atoms with Gasteiger partial charge in [0.1, 0.15) is 5.75 Å². The Morgan fingerprint density at radius 2 is 1.88 bits per heavy atom. The predicted molar refractivity (Wildman–Crippen MR) is 100 cm³/mol. The van der Waals surface area contributed by atoms with Crippen molar-refractivity contribution in [3.8, 4) is 5.75 Å². The van der Waals surface area contributed by atoms with Crippen LogP contribution in [0.1, 0.15) is 19.8 Å². The number of ether oxygens (including phenoxy) is 1. The van der Waals surface area contributed by atoms with Gasteiger partial charge in [0.25, 0.3) is 0 Å². The van der Waals surface area contributed by atoms with Crippen LogP contribution in [0.3, 0.4) is 0 Å². The molecule has 2 N–H and O–H groups in total. The minimum absolute atomic E-state index is 0.124. The van der Waals surface area contributed by atoms with Crippen LogP contribution >= 0.6 is 23.2 Å². The number of carbonyl (C=O) groups excluding carboxylic acids is 1. The summed E-state index contributed by atoms with van der Waals surface area (Å²) in [7, 11) is 0. The van der Waals surface area contributed by atoms with Gasteiger partial charge in [-0.05, 0) is 42.8 Å². The fourth-order valence-corrected chi connectivity index (χ4v) is 2.33. The number of nitrogens with one attached hydrogen (secondary N) is 2. The van der Waals surface area contributed by atoms with Gasteiger partial charge in [-0.25, -0.2) is 0 Å². The Morgan fingerprint density at radius 3 is 2.58 bits per heavy atom. The van der Waals surface area contributed by atoms with Crippen LogP contribution in [-0.4, -0.2) is 19.1 Å². The van der Waals surface area contributed by atoms with Gasteiger partial charge in [0.15, 0.2) is 0 Å². The van der Waals surface area contributed by atoms with E-state index in [4.69, 9.17) is 27.9 Å². The number of carbonyl (C=O) groups is 1. The largest absolute Gasteiger partial charge is 0.494 e. The van der Waals surface area contributed by atoms with Gasteiger partial charge >= 0.3 is 0 Å². The molecule has 2 rings (SSSR count). The SMILES string of the molecule is CCCCOc1ccc(NCC(=O)Nc2cccc(Cl)c2Cl)cc1. The highest BCUT2D eigenvalue weighted by atomic mass is 35.5. The van der Waals surface area contributed by atoms with Gasteiger partial charge in [-0.1, -0.05) is 42.6 Å². The smallest absolute Gasteiger partial charge is 0.243 e. The quantitative estimate of drug-likeness (QED) is 0.629. The summed E-state index contributed by atoms with van der Waals surface area (Å²) in [6, 6.07) is 12.6. The molecule has 0 aliphatic heterocycles. The fraction of sp³-hybridized carbons (Fsp3) is 0.278. The summed E-state index contributed by atoms with van der Waals surface area (Å²) in [6.07, 6.45) is 2.14. The molecule has 0 aromatic heterocycles. The third-order valence-electron chi connectivity index (χ3n) is 3.30. The van der Waals surface area contributed by atoms with Crippen LogP contribution in [-0.2, 0) is 4.79 Å². The standard InChI is InChI=1S/C18H20Cl2N2O2/c1-2-3-11-24-14-9-7-13(8-10-14)21-12-17(23)22-16-6-4-5-15(19)18(16)20/h4-10,21H,2-3,11-12H2,1H3,(H,22,23). The average molecular weight is 367 g/mol. The summed E-state index contributed by atoms with van der Waals surface area (Å²) in [5, 5.41) is 6.51. The van der Waals surface area contributed by atoms with Gasteiger partial charge in [-0.15, -0.1) is 0 Å². The second kappa shape index (κ2) is 9.40. The molecule has 0 spiro atoms. The van der Waals surface area contributed by atoms with E-state index in [-0.39, 0.29) is 12.5 Å². The van der Waals surface area contributed by atoms with Gasteiger partial charge in [-0.3, -0.25) is 4.79 Å². The van der Waals surface area contributed by atoms with Crippen LogP contribution in [0.2, 0.25) is 10.0 Å². The second-order valence-electron chi connectivity index (χ2n) is 5.23. The highest BCUT2D eigenvalue weighted by Gasteiger charge is 2.08. The third-order valence-corrected chi connectivity index (χ3v) is 4.12. The van der Waals surface area contributed by atoms with Crippen LogP contribution in [0, 0.1) is 0 Å². The second-order valence-corrected chi connectivity index (χ2v) is 6.01. The lowest BCUT2D eigenvalue weighted by molar-refractivity contribution is -0.114. The number of hydrogen-bond donors (Lipinski definition) is 2.